The Morgan fingerprint density at radius 2 is 2.17 bits per heavy atom. The van der Waals surface area contributed by atoms with Crippen LogP contribution in [0.1, 0.15) is 29.0 Å². The topological polar surface area (TPSA) is 63.8 Å². The zero-order chi connectivity index (χ0) is 13.3. The van der Waals surface area contributed by atoms with E-state index in [1.807, 2.05) is 14.0 Å². The number of halogens is 1. The second kappa shape index (κ2) is 5.16. The smallest absolute Gasteiger partial charge is 0.125 e. The number of aliphatic hydroxyl groups is 1. The molecule has 0 aliphatic carbocycles. The molecule has 0 bridgehead atoms. The molecule has 2 aromatic heterocycles. The van der Waals surface area contributed by atoms with E-state index in [-0.39, 0.29) is 0 Å². The third-order valence-electron chi connectivity index (χ3n) is 2.79. The van der Waals surface area contributed by atoms with E-state index in [4.69, 9.17) is 0 Å². The highest BCUT2D eigenvalue weighted by Gasteiger charge is 2.17. The van der Waals surface area contributed by atoms with E-state index in [2.05, 4.69) is 31.0 Å². The number of hydrogen-bond donors (Lipinski definition) is 1. The highest BCUT2D eigenvalue weighted by atomic mass is 79.9. The predicted molar refractivity (Wildman–Crippen MR) is 71.1 cm³/mol. The molecule has 0 aromatic carbocycles. The largest absolute Gasteiger partial charge is 0.386 e. The van der Waals surface area contributed by atoms with Gasteiger partial charge in [-0.1, -0.05) is 0 Å². The second-order valence-electron chi connectivity index (χ2n) is 4.22. The van der Waals surface area contributed by atoms with Gasteiger partial charge in [0, 0.05) is 19.7 Å². The van der Waals surface area contributed by atoms with Crippen LogP contribution in [-0.2, 0) is 13.5 Å². The number of hydrogen-bond acceptors (Lipinski definition) is 4. The first-order valence-electron chi connectivity index (χ1n) is 5.64. The molecule has 0 aliphatic rings. The fourth-order valence-electron chi connectivity index (χ4n) is 1.85. The summed E-state index contributed by atoms with van der Waals surface area (Å²) in [6.07, 6.45) is 1.47. The molecule has 96 valence electrons. The van der Waals surface area contributed by atoms with Crippen LogP contribution in [0.4, 0.5) is 0 Å². The molecule has 1 unspecified atom stereocenters. The van der Waals surface area contributed by atoms with Crippen LogP contribution in [0.15, 0.2) is 16.7 Å². The molecule has 18 heavy (non-hydrogen) atoms. The van der Waals surface area contributed by atoms with E-state index in [1.165, 1.54) is 0 Å². The second-order valence-corrected chi connectivity index (χ2v) is 5.01. The fraction of sp³-hybridized carbons (Fsp3) is 0.417. The molecule has 1 atom stereocenters. The highest BCUT2D eigenvalue weighted by molar-refractivity contribution is 9.10. The van der Waals surface area contributed by atoms with E-state index >= 15 is 0 Å². The van der Waals surface area contributed by atoms with E-state index in [0.717, 1.165) is 15.9 Å². The fourth-order valence-corrected chi connectivity index (χ4v) is 2.35. The molecule has 0 saturated heterocycles. The molecule has 0 saturated carbocycles. The predicted octanol–water partition coefficient (Wildman–Crippen LogP) is 1.87. The van der Waals surface area contributed by atoms with E-state index in [1.54, 1.807) is 23.9 Å². The maximum Gasteiger partial charge on any atom is 0.125 e. The molecule has 2 rings (SSSR count). The van der Waals surface area contributed by atoms with Crippen LogP contribution < -0.4 is 0 Å². The molecular formula is C12H15BrN4O. The van der Waals surface area contributed by atoms with Crippen molar-refractivity contribution < 1.29 is 5.11 Å². The number of aromatic nitrogens is 4. The van der Waals surface area contributed by atoms with Crippen LogP contribution in [0.3, 0.4) is 0 Å². The van der Waals surface area contributed by atoms with E-state index in [9.17, 15) is 5.11 Å². The molecule has 0 radical (unpaired) electrons. The van der Waals surface area contributed by atoms with Crippen LogP contribution in [0, 0.1) is 13.8 Å². The summed E-state index contributed by atoms with van der Waals surface area (Å²) in [5.41, 5.74) is 2.50. The molecule has 0 fully saturated rings. The Labute approximate surface area is 114 Å². The maximum atomic E-state index is 10.2. The standard InChI is InChI=1S/C12H15BrN4O/c1-7-12(13)10(17(3)16-7)6-11(18)9-4-5-14-8(2)15-9/h4-5,11,18H,6H2,1-3H3. The minimum absolute atomic E-state index is 0.467. The van der Waals surface area contributed by atoms with Gasteiger partial charge in [-0.15, -0.1) is 0 Å². The molecule has 0 amide bonds. The number of nitrogens with zero attached hydrogens (tertiary/aromatic N) is 4. The van der Waals surface area contributed by atoms with Crippen molar-refractivity contribution in [3.63, 3.8) is 0 Å². The quantitative estimate of drug-likeness (QED) is 0.940. The molecule has 1 N–H and O–H groups in total. The Morgan fingerprint density at radius 3 is 2.72 bits per heavy atom. The Balaban J connectivity index is 2.24. The lowest BCUT2D eigenvalue weighted by molar-refractivity contribution is 0.170. The number of aliphatic hydroxyl groups excluding tert-OH is 1. The zero-order valence-electron chi connectivity index (χ0n) is 10.6. The van der Waals surface area contributed by atoms with Gasteiger partial charge in [-0.05, 0) is 35.8 Å². The summed E-state index contributed by atoms with van der Waals surface area (Å²) in [5, 5.41) is 14.5. The number of rotatable bonds is 3. The van der Waals surface area contributed by atoms with Crippen LogP contribution in [-0.4, -0.2) is 24.9 Å². The van der Waals surface area contributed by atoms with Gasteiger partial charge in [-0.25, -0.2) is 9.97 Å². The normalized spacial score (nSPS) is 12.7. The van der Waals surface area contributed by atoms with Gasteiger partial charge in [0.25, 0.3) is 0 Å². The summed E-state index contributed by atoms with van der Waals surface area (Å²) in [7, 11) is 1.87. The van der Waals surface area contributed by atoms with Crippen molar-refractivity contribution in [2.45, 2.75) is 26.4 Å². The lowest BCUT2D eigenvalue weighted by atomic mass is 10.1. The molecule has 2 heterocycles. The Bertz CT molecular complexity index is 567. The minimum Gasteiger partial charge on any atom is -0.386 e. The summed E-state index contributed by atoms with van der Waals surface area (Å²) in [6.45, 7) is 3.73. The lowest BCUT2D eigenvalue weighted by Crippen LogP contribution is -2.09. The van der Waals surface area contributed by atoms with Gasteiger partial charge in [-0.2, -0.15) is 5.10 Å². The SMILES string of the molecule is Cc1nccc(C(O)Cc2c(Br)c(C)nn2C)n1. The van der Waals surface area contributed by atoms with Gasteiger partial charge in [-0.3, -0.25) is 4.68 Å². The summed E-state index contributed by atoms with van der Waals surface area (Å²) < 4.78 is 2.71. The van der Waals surface area contributed by atoms with Crippen LogP contribution in [0.2, 0.25) is 0 Å². The summed E-state index contributed by atoms with van der Waals surface area (Å²) in [5.74, 6) is 0.659. The van der Waals surface area contributed by atoms with Crippen molar-refractivity contribution >= 4 is 15.9 Å². The van der Waals surface area contributed by atoms with Gasteiger partial charge >= 0.3 is 0 Å². The van der Waals surface area contributed by atoms with Crippen molar-refractivity contribution in [3.8, 4) is 0 Å². The van der Waals surface area contributed by atoms with Gasteiger partial charge in [0.2, 0.25) is 0 Å². The summed E-state index contributed by atoms with van der Waals surface area (Å²) in [6, 6.07) is 1.73. The average molecular weight is 311 g/mol. The Morgan fingerprint density at radius 1 is 1.44 bits per heavy atom. The van der Waals surface area contributed by atoms with Gasteiger partial charge < -0.3 is 5.11 Å². The van der Waals surface area contributed by atoms with E-state index < -0.39 is 6.10 Å². The lowest BCUT2D eigenvalue weighted by Gasteiger charge is -2.11. The van der Waals surface area contributed by atoms with Crippen molar-refractivity contribution in [2.75, 3.05) is 0 Å². The van der Waals surface area contributed by atoms with Gasteiger partial charge in [0.15, 0.2) is 0 Å². The van der Waals surface area contributed by atoms with Crippen molar-refractivity contribution in [1.29, 1.82) is 0 Å². The first kappa shape index (κ1) is 13.2. The summed E-state index contributed by atoms with van der Waals surface area (Å²) >= 11 is 3.49. The molecule has 0 spiro atoms. The first-order chi connectivity index (χ1) is 8.49. The molecule has 5 nitrogen and oxygen atoms in total. The average Bonchev–Trinajstić information content (AvgIpc) is 2.56. The van der Waals surface area contributed by atoms with Crippen molar-refractivity contribution in [1.82, 2.24) is 19.7 Å². The summed E-state index contributed by atoms with van der Waals surface area (Å²) in [4.78, 5) is 8.25. The maximum absolute atomic E-state index is 10.2. The van der Waals surface area contributed by atoms with Gasteiger partial charge in [0.1, 0.15) is 11.9 Å². The molecule has 0 aliphatic heterocycles. The van der Waals surface area contributed by atoms with Crippen LogP contribution in [0.5, 0.6) is 0 Å². The zero-order valence-corrected chi connectivity index (χ0v) is 12.1. The van der Waals surface area contributed by atoms with Crippen LogP contribution in [0.25, 0.3) is 0 Å². The van der Waals surface area contributed by atoms with E-state index in [0.29, 0.717) is 17.9 Å². The molecular weight excluding hydrogens is 296 g/mol. The van der Waals surface area contributed by atoms with Crippen molar-refractivity contribution in [3.05, 3.63) is 39.6 Å². The number of aryl methyl sites for hydroxylation is 3. The first-order valence-corrected chi connectivity index (χ1v) is 6.44. The third-order valence-corrected chi connectivity index (χ3v) is 3.82. The Hall–Kier alpha value is -1.27. The Kier molecular flexibility index (Phi) is 3.77. The minimum atomic E-state index is -0.655. The molecule has 2 aromatic rings. The monoisotopic (exact) mass is 310 g/mol. The third kappa shape index (κ3) is 2.59. The molecule has 6 heteroatoms. The van der Waals surface area contributed by atoms with Crippen molar-refractivity contribution in [2.24, 2.45) is 7.05 Å². The highest BCUT2D eigenvalue weighted by Crippen LogP contribution is 2.25. The van der Waals surface area contributed by atoms with Gasteiger partial charge in [0.05, 0.1) is 21.6 Å². The van der Waals surface area contributed by atoms with Crippen LogP contribution >= 0.6 is 15.9 Å².